The molecule has 1 heterocycles. The molecule has 0 spiro atoms. The maximum Gasteiger partial charge on any atom is 0.269 e. The van der Waals surface area contributed by atoms with Crippen LogP contribution in [0.5, 0.6) is 0 Å². The van der Waals surface area contributed by atoms with Gasteiger partial charge in [0.1, 0.15) is 0 Å². The first-order valence-electron chi connectivity index (χ1n) is 10.5. The van der Waals surface area contributed by atoms with Crippen LogP contribution in [0.15, 0.2) is 47.4 Å². The second-order valence-corrected chi connectivity index (χ2v) is 10.0. The van der Waals surface area contributed by atoms with Crippen LogP contribution in [0.1, 0.15) is 36.0 Å². The zero-order valence-corrected chi connectivity index (χ0v) is 17.9. The molecule has 2 aromatic rings. The average molecular weight is 444 g/mol. The number of carbonyl (C=O) groups is 1. The first-order chi connectivity index (χ1) is 14.8. The Morgan fingerprint density at radius 1 is 1.06 bits per heavy atom. The fraction of sp³-hybridized carbons (Fsp3) is 0.409. The highest BCUT2D eigenvalue weighted by molar-refractivity contribution is 7.89. The number of nitro benzene ring substituents is 1. The Balaban J connectivity index is 1.31. The molecule has 0 atom stereocenters. The van der Waals surface area contributed by atoms with E-state index in [-0.39, 0.29) is 24.1 Å². The summed E-state index contributed by atoms with van der Waals surface area (Å²) >= 11 is 0. The van der Waals surface area contributed by atoms with Gasteiger partial charge in [0, 0.05) is 37.7 Å². The van der Waals surface area contributed by atoms with Crippen LogP contribution in [-0.2, 0) is 34.2 Å². The Morgan fingerprint density at radius 2 is 1.74 bits per heavy atom. The number of aryl methyl sites for hydroxylation is 2. The Kier molecular flexibility index (Phi) is 6.06. The van der Waals surface area contributed by atoms with Crippen molar-refractivity contribution in [1.29, 1.82) is 0 Å². The van der Waals surface area contributed by atoms with E-state index in [1.165, 1.54) is 22.0 Å². The van der Waals surface area contributed by atoms with Gasteiger partial charge in [0.15, 0.2) is 0 Å². The molecule has 4 rings (SSSR count). The number of carbonyl (C=O) groups excluding carboxylic acids is 1. The second kappa shape index (κ2) is 8.76. The lowest BCUT2D eigenvalue weighted by Gasteiger charge is -2.30. The van der Waals surface area contributed by atoms with Gasteiger partial charge in [-0.15, -0.1) is 0 Å². The van der Waals surface area contributed by atoms with E-state index in [2.05, 4.69) is 5.32 Å². The number of amides is 1. The van der Waals surface area contributed by atoms with Crippen LogP contribution < -0.4 is 5.32 Å². The number of fused-ring (bicyclic) bond motifs is 1. The summed E-state index contributed by atoms with van der Waals surface area (Å²) in [7, 11) is -3.55. The normalized spacial score (nSPS) is 17.3. The molecule has 8 nitrogen and oxygen atoms in total. The summed E-state index contributed by atoms with van der Waals surface area (Å²) in [6.07, 6.45) is 3.94. The van der Waals surface area contributed by atoms with Crippen molar-refractivity contribution < 1.29 is 18.1 Å². The van der Waals surface area contributed by atoms with Crippen LogP contribution in [0.2, 0.25) is 0 Å². The third-order valence-electron chi connectivity index (χ3n) is 6.15. The number of rotatable bonds is 6. The van der Waals surface area contributed by atoms with E-state index >= 15 is 0 Å². The fourth-order valence-electron chi connectivity index (χ4n) is 4.29. The minimum Gasteiger partial charge on any atom is -0.352 e. The van der Waals surface area contributed by atoms with Crippen LogP contribution >= 0.6 is 0 Å². The number of non-ortho nitro benzene ring substituents is 1. The van der Waals surface area contributed by atoms with Gasteiger partial charge in [0.2, 0.25) is 15.9 Å². The van der Waals surface area contributed by atoms with Gasteiger partial charge < -0.3 is 5.32 Å². The zero-order chi connectivity index (χ0) is 22.0. The van der Waals surface area contributed by atoms with E-state index in [0.717, 1.165) is 30.4 Å². The van der Waals surface area contributed by atoms with Crippen molar-refractivity contribution in [3.8, 4) is 0 Å². The number of nitrogens with one attached hydrogen (secondary N) is 1. The van der Waals surface area contributed by atoms with E-state index in [0.29, 0.717) is 30.8 Å². The highest BCUT2D eigenvalue weighted by Crippen LogP contribution is 2.28. The van der Waals surface area contributed by atoms with Gasteiger partial charge in [0.25, 0.3) is 5.69 Å². The molecular formula is C22H25N3O5S. The zero-order valence-electron chi connectivity index (χ0n) is 17.1. The fourth-order valence-corrected chi connectivity index (χ4v) is 5.81. The molecule has 0 bridgehead atoms. The summed E-state index contributed by atoms with van der Waals surface area (Å²) in [5.41, 5.74) is 3.14. The predicted octanol–water partition coefficient (Wildman–Crippen LogP) is 2.80. The van der Waals surface area contributed by atoms with Gasteiger partial charge in [-0.25, -0.2) is 8.42 Å². The molecule has 0 radical (unpaired) electrons. The summed E-state index contributed by atoms with van der Waals surface area (Å²) < 4.78 is 27.5. The lowest BCUT2D eigenvalue weighted by molar-refractivity contribution is -0.384. The van der Waals surface area contributed by atoms with E-state index in [1.54, 1.807) is 24.3 Å². The SMILES string of the molecule is O=C(NCc1ccc([N+](=O)[O-])cc1)C1CCN(S(=O)(=O)c2ccc3c(c2)CCC3)CC1. The summed E-state index contributed by atoms with van der Waals surface area (Å²) in [5, 5.41) is 13.6. The molecule has 0 aromatic heterocycles. The molecule has 0 unspecified atom stereocenters. The quantitative estimate of drug-likeness (QED) is 0.545. The number of piperidine rings is 1. The number of hydrogen-bond acceptors (Lipinski definition) is 5. The van der Waals surface area contributed by atoms with Crippen molar-refractivity contribution in [2.24, 2.45) is 5.92 Å². The number of benzene rings is 2. The van der Waals surface area contributed by atoms with Gasteiger partial charge in [-0.05, 0) is 60.9 Å². The molecule has 1 aliphatic heterocycles. The van der Waals surface area contributed by atoms with Crippen LogP contribution in [0.25, 0.3) is 0 Å². The third-order valence-corrected chi connectivity index (χ3v) is 8.04. The summed E-state index contributed by atoms with van der Waals surface area (Å²) in [6.45, 7) is 0.911. The molecular weight excluding hydrogens is 418 g/mol. The lowest BCUT2D eigenvalue weighted by Crippen LogP contribution is -2.42. The van der Waals surface area contributed by atoms with Crippen molar-refractivity contribution in [3.63, 3.8) is 0 Å². The molecule has 2 aromatic carbocycles. The van der Waals surface area contributed by atoms with Crippen molar-refractivity contribution in [1.82, 2.24) is 9.62 Å². The highest BCUT2D eigenvalue weighted by Gasteiger charge is 2.32. The predicted molar refractivity (Wildman–Crippen MR) is 115 cm³/mol. The standard InChI is InChI=1S/C22H25N3O5S/c26-22(23-15-16-4-7-20(8-5-16)25(27)28)18-10-12-24(13-11-18)31(29,30)21-9-6-17-2-1-3-19(17)14-21/h4-9,14,18H,1-3,10-13,15H2,(H,23,26). The van der Waals surface area contributed by atoms with Gasteiger partial charge in [-0.2, -0.15) is 4.31 Å². The van der Waals surface area contributed by atoms with Crippen molar-refractivity contribution in [2.75, 3.05) is 13.1 Å². The van der Waals surface area contributed by atoms with Gasteiger partial charge in [-0.3, -0.25) is 14.9 Å². The number of hydrogen-bond donors (Lipinski definition) is 1. The average Bonchev–Trinajstić information content (AvgIpc) is 3.26. The van der Waals surface area contributed by atoms with Gasteiger partial charge >= 0.3 is 0 Å². The molecule has 2 aliphatic rings. The first-order valence-corrected chi connectivity index (χ1v) is 11.9. The maximum atomic E-state index is 13.0. The summed E-state index contributed by atoms with van der Waals surface area (Å²) in [6, 6.07) is 11.5. The first kappa shape index (κ1) is 21.5. The molecule has 1 N–H and O–H groups in total. The molecule has 1 fully saturated rings. The Labute approximate surface area is 181 Å². The Hall–Kier alpha value is -2.78. The number of nitrogens with zero attached hydrogens (tertiary/aromatic N) is 2. The van der Waals surface area contributed by atoms with Gasteiger partial charge in [-0.1, -0.05) is 18.2 Å². The van der Waals surface area contributed by atoms with Crippen LogP contribution in [0.4, 0.5) is 5.69 Å². The summed E-state index contributed by atoms with van der Waals surface area (Å²) in [5.74, 6) is -0.363. The van der Waals surface area contributed by atoms with Crippen LogP contribution in [0, 0.1) is 16.0 Å². The molecule has 1 aliphatic carbocycles. The minimum atomic E-state index is -3.55. The van der Waals surface area contributed by atoms with Crippen LogP contribution in [0.3, 0.4) is 0 Å². The van der Waals surface area contributed by atoms with Crippen molar-refractivity contribution in [2.45, 2.75) is 43.5 Å². The maximum absolute atomic E-state index is 13.0. The second-order valence-electron chi connectivity index (χ2n) is 8.10. The Bertz CT molecular complexity index is 1090. The highest BCUT2D eigenvalue weighted by atomic mass is 32.2. The molecule has 9 heteroatoms. The monoisotopic (exact) mass is 443 g/mol. The summed E-state index contributed by atoms with van der Waals surface area (Å²) in [4.78, 5) is 23.1. The van der Waals surface area contributed by atoms with E-state index in [1.807, 2.05) is 6.07 Å². The molecule has 164 valence electrons. The van der Waals surface area contributed by atoms with Crippen molar-refractivity contribution in [3.05, 3.63) is 69.3 Å². The van der Waals surface area contributed by atoms with Crippen LogP contribution in [-0.4, -0.2) is 36.6 Å². The lowest BCUT2D eigenvalue weighted by atomic mass is 9.97. The molecule has 0 saturated carbocycles. The topological polar surface area (TPSA) is 110 Å². The largest absolute Gasteiger partial charge is 0.352 e. The number of nitro groups is 1. The minimum absolute atomic E-state index is 0.00651. The van der Waals surface area contributed by atoms with E-state index in [9.17, 15) is 23.3 Å². The van der Waals surface area contributed by atoms with Crippen molar-refractivity contribution >= 4 is 21.6 Å². The molecule has 1 amide bonds. The van der Waals surface area contributed by atoms with E-state index < -0.39 is 14.9 Å². The molecule has 1 saturated heterocycles. The molecule has 31 heavy (non-hydrogen) atoms. The van der Waals surface area contributed by atoms with Gasteiger partial charge in [0.05, 0.1) is 9.82 Å². The number of sulfonamides is 1. The Morgan fingerprint density at radius 3 is 2.42 bits per heavy atom. The smallest absolute Gasteiger partial charge is 0.269 e. The third kappa shape index (κ3) is 4.62. The van der Waals surface area contributed by atoms with E-state index in [4.69, 9.17) is 0 Å².